The molecule has 3 rings (SSSR count). The Morgan fingerprint density at radius 1 is 1.28 bits per heavy atom. The van der Waals surface area contributed by atoms with Gasteiger partial charge in [-0.15, -0.1) is 0 Å². The lowest BCUT2D eigenvalue weighted by Gasteiger charge is -2.14. The number of carbonyl (C=O) groups is 2. The topological polar surface area (TPSA) is 120 Å². The number of hydrogen-bond acceptors (Lipinski definition) is 7. The van der Waals surface area contributed by atoms with Gasteiger partial charge in [0.05, 0.1) is 21.5 Å². The molecule has 0 saturated carbocycles. The van der Waals surface area contributed by atoms with Crippen LogP contribution in [0.25, 0.3) is 6.08 Å². The second-order valence-corrected chi connectivity index (χ2v) is 7.93. The molecule has 1 heterocycles. The first-order chi connectivity index (χ1) is 15.3. The normalized spacial score (nSPS) is 14.3. The van der Waals surface area contributed by atoms with Crippen molar-refractivity contribution in [2.75, 3.05) is 6.61 Å². The van der Waals surface area contributed by atoms with Gasteiger partial charge in [0.25, 0.3) is 11.6 Å². The van der Waals surface area contributed by atoms with Gasteiger partial charge in [-0.2, -0.15) is 4.99 Å². The van der Waals surface area contributed by atoms with Crippen molar-refractivity contribution in [2.24, 2.45) is 4.99 Å². The molecule has 0 radical (unpaired) electrons. The van der Waals surface area contributed by atoms with Crippen molar-refractivity contribution in [1.29, 1.82) is 0 Å². The van der Waals surface area contributed by atoms with Gasteiger partial charge in [-0.3, -0.25) is 19.7 Å². The van der Waals surface area contributed by atoms with Crippen molar-refractivity contribution in [3.05, 3.63) is 67.6 Å². The van der Waals surface area contributed by atoms with Crippen LogP contribution in [-0.4, -0.2) is 28.5 Å². The second kappa shape index (κ2) is 10.3. The molecule has 1 N–H and O–H groups in total. The molecular weight excluding hydrogens is 458 g/mol. The van der Waals surface area contributed by atoms with Crippen LogP contribution in [-0.2, 0) is 16.2 Å². The minimum Gasteiger partial charge on any atom is -0.490 e. The third-order valence-electron chi connectivity index (χ3n) is 4.06. The van der Waals surface area contributed by atoms with Gasteiger partial charge in [0, 0.05) is 19.1 Å². The van der Waals surface area contributed by atoms with Crippen molar-refractivity contribution < 1.29 is 24.0 Å². The van der Waals surface area contributed by atoms with Crippen LogP contribution in [0.2, 0.25) is 5.02 Å². The Balaban J connectivity index is 1.80. The number of nitrogens with one attached hydrogen (secondary N) is 1. The average Bonchev–Trinajstić information content (AvgIpc) is 3.05. The highest BCUT2D eigenvalue weighted by Crippen LogP contribution is 2.39. The number of thioether (sulfide) groups is 1. The Hall–Kier alpha value is -3.37. The van der Waals surface area contributed by atoms with Crippen LogP contribution in [0.15, 0.2) is 46.3 Å². The van der Waals surface area contributed by atoms with E-state index in [9.17, 15) is 19.7 Å². The molecule has 0 bridgehead atoms. The summed E-state index contributed by atoms with van der Waals surface area (Å²) in [4.78, 5) is 37.7. The molecule has 0 aromatic heterocycles. The zero-order chi connectivity index (χ0) is 23.3. The zero-order valence-electron chi connectivity index (χ0n) is 17.1. The molecule has 2 amide bonds. The number of amidine groups is 1. The summed E-state index contributed by atoms with van der Waals surface area (Å²) in [5, 5.41) is 13.8. The van der Waals surface area contributed by atoms with Crippen LogP contribution in [0.1, 0.15) is 25.0 Å². The van der Waals surface area contributed by atoms with Crippen LogP contribution in [0.5, 0.6) is 11.5 Å². The highest BCUT2D eigenvalue weighted by molar-refractivity contribution is 8.18. The van der Waals surface area contributed by atoms with Gasteiger partial charge in [0.2, 0.25) is 5.91 Å². The number of nitro benzene ring substituents is 1. The summed E-state index contributed by atoms with van der Waals surface area (Å²) in [5.41, 5.74) is 1.30. The number of nitrogens with zero attached hydrogens (tertiary/aromatic N) is 2. The van der Waals surface area contributed by atoms with Crippen molar-refractivity contribution in [2.45, 2.75) is 20.5 Å². The smallest absolute Gasteiger partial charge is 0.286 e. The fourth-order valence-corrected chi connectivity index (χ4v) is 3.84. The average molecular weight is 476 g/mol. The SMILES string of the molecule is CCOc1cc(C=C2SC(NC(C)=O)=NC2=O)cc(Cl)c1OCc1ccc([N+](=O)[O-])cc1. The third-order valence-corrected chi connectivity index (χ3v) is 5.24. The van der Waals surface area contributed by atoms with Crippen molar-refractivity contribution >= 4 is 52.1 Å². The Kier molecular flexibility index (Phi) is 7.49. The minimum absolute atomic E-state index is 0.0100. The molecule has 1 aliphatic rings. The van der Waals surface area contributed by atoms with Gasteiger partial charge in [-0.25, -0.2) is 0 Å². The summed E-state index contributed by atoms with van der Waals surface area (Å²) in [6.45, 7) is 3.62. The summed E-state index contributed by atoms with van der Waals surface area (Å²) in [7, 11) is 0. The molecule has 0 aliphatic carbocycles. The van der Waals surface area contributed by atoms with E-state index in [1.165, 1.54) is 19.1 Å². The molecule has 1 aliphatic heterocycles. The number of halogens is 1. The van der Waals surface area contributed by atoms with Gasteiger partial charge in [0.15, 0.2) is 16.7 Å². The molecule has 0 unspecified atom stereocenters. The van der Waals surface area contributed by atoms with Crippen molar-refractivity contribution in [1.82, 2.24) is 5.32 Å². The Bertz CT molecular complexity index is 1130. The number of benzene rings is 2. The zero-order valence-corrected chi connectivity index (χ0v) is 18.7. The summed E-state index contributed by atoms with van der Waals surface area (Å²) < 4.78 is 11.5. The van der Waals surface area contributed by atoms with Gasteiger partial charge in [-0.1, -0.05) is 11.6 Å². The summed E-state index contributed by atoms with van der Waals surface area (Å²) in [6, 6.07) is 9.28. The van der Waals surface area contributed by atoms with E-state index in [4.69, 9.17) is 21.1 Å². The van der Waals surface area contributed by atoms with Gasteiger partial charge < -0.3 is 14.8 Å². The van der Waals surface area contributed by atoms with Gasteiger partial charge >= 0.3 is 0 Å². The predicted octanol–water partition coefficient (Wildman–Crippen LogP) is 4.33. The van der Waals surface area contributed by atoms with Crippen LogP contribution >= 0.6 is 23.4 Å². The summed E-state index contributed by atoms with van der Waals surface area (Å²) in [6.07, 6.45) is 1.60. The highest BCUT2D eigenvalue weighted by atomic mass is 35.5. The molecule has 32 heavy (non-hydrogen) atoms. The van der Waals surface area contributed by atoms with Crippen LogP contribution in [0, 0.1) is 10.1 Å². The lowest BCUT2D eigenvalue weighted by Crippen LogP contribution is -2.23. The molecule has 0 spiro atoms. The van der Waals surface area contributed by atoms with Crippen LogP contribution in [0.4, 0.5) is 5.69 Å². The molecular formula is C21H18ClN3O6S. The molecule has 11 heteroatoms. The predicted molar refractivity (Wildman–Crippen MR) is 122 cm³/mol. The standard InChI is InChI=1S/C21H18ClN3O6S/c1-3-30-17-9-14(10-18-20(27)24-21(32-18)23-12(2)26)8-16(22)19(17)31-11-13-4-6-15(7-5-13)25(28)29/h4-10H,3,11H2,1-2H3,(H,23,24,26,27). The fourth-order valence-electron chi connectivity index (χ4n) is 2.71. The van der Waals surface area contributed by atoms with Crippen LogP contribution < -0.4 is 14.8 Å². The van der Waals surface area contributed by atoms with E-state index in [1.54, 1.807) is 30.3 Å². The Labute approximate surface area is 192 Å². The maximum atomic E-state index is 12.1. The van der Waals surface area contributed by atoms with E-state index < -0.39 is 10.8 Å². The maximum absolute atomic E-state index is 12.1. The Morgan fingerprint density at radius 3 is 2.62 bits per heavy atom. The van der Waals surface area contributed by atoms with E-state index in [0.717, 1.165) is 17.3 Å². The lowest BCUT2D eigenvalue weighted by molar-refractivity contribution is -0.384. The molecule has 0 atom stereocenters. The van der Waals surface area contributed by atoms with E-state index in [-0.39, 0.29) is 28.4 Å². The lowest BCUT2D eigenvalue weighted by atomic mass is 10.1. The number of hydrogen-bond donors (Lipinski definition) is 1. The number of amides is 2. The number of non-ortho nitro benzene ring substituents is 1. The first kappa shape index (κ1) is 23.3. The molecule has 9 nitrogen and oxygen atoms in total. The number of rotatable bonds is 7. The molecule has 0 fully saturated rings. The van der Waals surface area contributed by atoms with E-state index in [1.807, 2.05) is 6.92 Å². The van der Waals surface area contributed by atoms with E-state index in [0.29, 0.717) is 28.6 Å². The first-order valence-electron chi connectivity index (χ1n) is 9.39. The third kappa shape index (κ3) is 5.86. The number of aliphatic imine (C=N–C) groups is 1. The number of carbonyl (C=O) groups excluding carboxylic acids is 2. The van der Waals surface area contributed by atoms with Gasteiger partial charge in [0.1, 0.15) is 6.61 Å². The minimum atomic E-state index is -0.473. The molecule has 2 aromatic rings. The highest BCUT2D eigenvalue weighted by Gasteiger charge is 2.23. The van der Waals surface area contributed by atoms with Crippen molar-refractivity contribution in [3.63, 3.8) is 0 Å². The number of nitro groups is 1. The van der Waals surface area contributed by atoms with Gasteiger partial charge in [-0.05, 0) is 60.2 Å². The van der Waals surface area contributed by atoms with Crippen molar-refractivity contribution in [3.8, 4) is 11.5 Å². The Morgan fingerprint density at radius 2 is 2.00 bits per heavy atom. The number of ether oxygens (including phenoxy) is 2. The largest absolute Gasteiger partial charge is 0.490 e. The molecule has 0 saturated heterocycles. The second-order valence-electron chi connectivity index (χ2n) is 6.49. The summed E-state index contributed by atoms with van der Waals surface area (Å²) >= 11 is 7.47. The fraction of sp³-hybridized carbons (Fsp3) is 0.190. The van der Waals surface area contributed by atoms with Crippen LogP contribution in [0.3, 0.4) is 0 Å². The quantitative estimate of drug-likeness (QED) is 0.359. The monoisotopic (exact) mass is 475 g/mol. The molecule has 166 valence electrons. The maximum Gasteiger partial charge on any atom is 0.286 e. The van der Waals surface area contributed by atoms with E-state index >= 15 is 0 Å². The first-order valence-corrected chi connectivity index (χ1v) is 10.6. The molecule has 2 aromatic carbocycles. The van der Waals surface area contributed by atoms with E-state index in [2.05, 4.69) is 10.3 Å². The summed E-state index contributed by atoms with van der Waals surface area (Å²) in [5.74, 6) is -0.0883.